The number of rotatable bonds is 9. The van der Waals surface area contributed by atoms with Crippen LogP contribution in [-0.4, -0.2) is 42.3 Å². The number of carbonyl (C=O) groups is 3. The van der Waals surface area contributed by atoms with Crippen LogP contribution in [0.3, 0.4) is 0 Å². The van der Waals surface area contributed by atoms with Crippen molar-refractivity contribution in [3.63, 3.8) is 0 Å². The highest BCUT2D eigenvalue weighted by atomic mass is 19.4. The zero-order valence-electron chi connectivity index (χ0n) is 20.4. The largest absolute Gasteiger partial charge is 0.416 e. The minimum absolute atomic E-state index is 0.0161. The molecule has 3 aromatic rings. The number of anilines is 3. The summed E-state index contributed by atoms with van der Waals surface area (Å²) in [6, 6.07) is 17.2. The number of benzene rings is 3. The summed E-state index contributed by atoms with van der Waals surface area (Å²) in [5, 5.41) is 8.09. The summed E-state index contributed by atoms with van der Waals surface area (Å²) in [5.74, 6) is -1.02. The van der Waals surface area contributed by atoms with E-state index in [1.807, 2.05) is 13.8 Å². The fraction of sp³-hybridized carbons (Fsp3) is 0.222. The molecule has 3 amide bonds. The Labute approximate surface area is 212 Å². The molecule has 0 bridgehead atoms. The number of hydrogen-bond acceptors (Lipinski definition) is 4. The maximum absolute atomic E-state index is 12.9. The standard InChI is InChI=1S/C27H27F3N4O3/c1-3-34(4-2)26(37)18-11-13-21(14-12-18)32-24(35)17-31-22-9-5-7-19(15-22)25(36)33-23-10-6-8-20(16-23)27(28,29)30/h5-16,31H,3-4,17H2,1-2H3,(H,32,35)(H,33,36). The van der Waals surface area contributed by atoms with Crippen LogP contribution in [0.15, 0.2) is 72.8 Å². The van der Waals surface area contributed by atoms with Crippen molar-refractivity contribution >= 4 is 34.8 Å². The lowest BCUT2D eigenvalue weighted by atomic mass is 10.1. The molecular weight excluding hydrogens is 485 g/mol. The molecule has 0 aliphatic carbocycles. The predicted octanol–water partition coefficient (Wildman–Crippen LogP) is 5.49. The first-order valence-electron chi connectivity index (χ1n) is 11.6. The number of nitrogens with zero attached hydrogens (tertiary/aromatic N) is 1. The lowest BCUT2D eigenvalue weighted by Gasteiger charge is -2.18. The van der Waals surface area contributed by atoms with Gasteiger partial charge in [0.25, 0.3) is 11.8 Å². The van der Waals surface area contributed by atoms with Crippen LogP contribution >= 0.6 is 0 Å². The van der Waals surface area contributed by atoms with E-state index >= 15 is 0 Å². The Morgan fingerprint density at radius 1 is 0.757 bits per heavy atom. The molecule has 0 saturated carbocycles. The zero-order valence-corrected chi connectivity index (χ0v) is 20.4. The Hall–Kier alpha value is -4.34. The number of carbonyl (C=O) groups excluding carboxylic acids is 3. The van der Waals surface area contributed by atoms with Crippen molar-refractivity contribution in [1.29, 1.82) is 0 Å². The number of hydrogen-bond donors (Lipinski definition) is 3. The number of nitrogens with one attached hydrogen (secondary N) is 3. The maximum Gasteiger partial charge on any atom is 0.416 e. The summed E-state index contributed by atoms with van der Waals surface area (Å²) in [5.41, 5.74) is 0.889. The smallest absolute Gasteiger partial charge is 0.376 e. The lowest BCUT2D eigenvalue weighted by Crippen LogP contribution is -2.30. The molecule has 3 aromatic carbocycles. The monoisotopic (exact) mass is 512 g/mol. The van der Waals surface area contributed by atoms with E-state index in [-0.39, 0.29) is 29.6 Å². The van der Waals surface area contributed by atoms with Crippen LogP contribution in [0.5, 0.6) is 0 Å². The SMILES string of the molecule is CCN(CC)C(=O)c1ccc(NC(=O)CNc2cccc(C(=O)Nc3cccc(C(F)(F)F)c3)c2)cc1. The van der Waals surface area contributed by atoms with E-state index in [2.05, 4.69) is 16.0 Å². The molecule has 194 valence electrons. The third-order valence-corrected chi connectivity index (χ3v) is 5.49. The van der Waals surface area contributed by atoms with Crippen molar-refractivity contribution in [3.8, 4) is 0 Å². The van der Waals surface area contributed by atoms with Gasteiger partial charge in [0, 0.05) is 41.3 Å². The van der Waals surface area contributed by atoms with Gasteiger partial charge in [-0.05, 0) is 74.5 Å². The second-order valence-corrected chi connectivity index (χ2v) is 8.07. The molecule has 10 heteroatoms. The summed E-state index contributed by atoms with van der Waals surface area (Å²) in [6.07, 6.45) is -4.52. The third-order valence-electron chi connectivity index (χ3n) is 5.49. The average molecular weight is 513 g/mol. The molecule has 0 spiro atoms. The van der Waals surface area contributed by atoms with Crippen LogP contribution in [-0.2, 0) is 11.0 Å². The van der Waals surface area contributed by atoms with Crippen molar-refractivity contribution in [1.82, 2.24) is 4.90 Å². The first-order chi connectivity index (χ1) is 17.6. The Morgan fingerprint density at radius 3 is 2.05 bits per heavy atom. The van der Waals surface area contributed by atoms with Crippen LogP contribution in [0.1, 0.15) is 40.1 Å². The quantitative estimate of drug-likeness (QED) is 0.354. The van der Waals surface area contributed by atoms with Crippen LogP contribution in [0.4, 0.5) is 30.2 Å². The highest BCUT2D eigenvalue weighted by Crippen LogP contribution is 2.30. The molecule has 0 radical (unpaired) electrons. The van der Waals surface area contributed by atoms with E-state index in [9.17, 15) is 27.6 Å². The van der Waals surface area contributed by atoms with Crippen molar-refractivity contribution < 1.29 is 27.6 Å². The summed E-state index contributed by atoms with van der Waals surface area (Å²) in [4.78, 5) is 39.0. The fourth-order valence-corrected chi connectivity index (χ4v) is 3.52. The van der Waals surface area contributed by atoms with E-state index in [4.69, 9.17) is 0 Å². The van der Waals surface area contributed by atoms with Gasteiger partial charge in [-0.3, -0.25) is 14.4 Å². The van der Waals surface area contributed by atoms with Gasteiger partial charge < -0.3 is 20.9 Å². The van der Waals surface area contributed by atoms with Crippen LogP contribution in [0.2, 0.25) is 0 Å². The van der Waals surface area contributed by atoms with Gasteiger partial charge in [0.2, 0.25) is 5.91 Å². The fourth-order valence-electron chi connectivity index (χ4n) is 3.52. The van der Waals surface area contributed by atoms with Gasteiger partial charge in [0.1, 0.15) is 0 Å². The van der Waals surface area contributed by atoms with Crippen molar-refractivity contribution in [2.75, 3.05) is 35.6 Å². The molecule has 0 unspecified atom stereocenters. The van der Waals surface area contributed by atoms with Gasteiger partial charge in [-0.25, -0.2) is 0 Å². The van der Waals surface area contributed by atoms with Crippen LogP contribution in [0.25, 0.3) is 0 Å². The topological polar surface area (TPSA) is 90.5 Å². The van der Waals surface area contributed by atoms with Gasteiger partial charge in [0.15, 0.2) is 0 Å². The minimum atomic E-state index is -4.52. The van der Waals surface area contributed by atoms with E-state index in [0.29, 0.717) is 30.0 Å². The average Bonchev–Trinajstić information content (AvgIpc) is 2.88. The van der Waals surface area contributed by atoms with Gasteiger partial charge in [0.05, 0.1) is 12.1 Å². The molecule has 0 heterocycles. The Balaban J connectivity index is 1.56. The Kier molecular flexibility index (Phi) is 8.89. The number of amides is 3. The number of alkyl halides is 3. The molecule has 3 N–H and O–H groups in total. The van der Waals surface area contributed by atoms with Crippen molar-refractivity contribution in [2.45, 2.75) is 20.0 Å². The Bertz CT molecular complexity index is 1260. The van der Waals surface area contributed by atoms with Gasteiger partial charge in [-0.2, -0.15) is 13.2 Å². The molecule has 3 rings (SSSR count). The van der Waals surface area contributed by atoms with E-state index < -0.39 is 17.6 Å². The van der Waals surface area contributed by atoms with Gasteiger partial charge in [-0.15, -0.1) is 0 Å². The molecule has 0 fully saturated rings. The molecule has 0 atom stereocenters. The normalized spacial score (nSPS) is 10.9. The van der Waals surface area contributed by atoms with E-state index in [1.165, 1.54) is 24.3 Å². The second kappa shape index (κ2) is 12.1. The van der Waals surface area contributed by atoms with E-state index in [0.717, 1.165) is 12.1 Å². The molecule has 0 aliphatic heterocycles. The zero-order chi connectivity index (χ0) is 27.0. The van der Waals surface area contributed by atoms with Gasteiger partial charge in [-0.1, -0.05) is 12.1 Å². The van der Waals surface area contributed by atoms with E-state index in [1.54, 1.807) is 41.3 Å². The molecule has 0 saturated heterocycles. The lowest BCUT2D eigenvalue weighted by molar-refractivity contribution is -0.137. The maximum atomic E-state index is 12.9. The molecular formula is C27H27F3N4O3. The molecule has 0 aromatic heterocycles. The molecule has 7 nitrogen and oxygen atoms in total. The molecule has 37 heavy (non-hydrogen) atoms. The predicted molar refractivity (Wildman–Crippen MR) is 137 cm³/mol. The van der Waals surface area contributed by atoms with Crippen molar-refractivity contribution in [2.24, 2.45) is 0 Å². The summed E-state index contributed by atoms with van der Waals surface area (Å²) in [6.45, 7) is 4.92. The second-order valence-electron chi connectivity index (χ2n) is 8.07. The van der Waals surface area contributed by atoms with Crippen LogP contribution in [0, 0.1) is 0 Å². The first kappa shape index (κ1) is 27.3. The highest BCUT2D eigenvalue weighted by Gasteiger charge is 2.30. The summed E-state index contributed by atoms with van der Waals surface area (Å²) in [7, 11) is 0. The summed E-state index contributed by atoms with van der Waals surface area (Å²) >= 11 is 0. The van der Waals surface area contributed by atoms with Crippen LogP contribution < -0.4 is 16.0 Å². The molecule has 0 aliphatic rings. The Morgan fingerprint density at radius 2 is 1.41 bits per heavy atom. The number of halogens is 3. The third kappa shape index (κ3) is 7.57. The first-order valence-corrected chi connectivity index (χ1v) is 11.6. The summed E-state index contributed by atoms with van der Waals surface area (Å²) < 4.78 is 38.7. The van der Waals surface area contributed by atoms with Crippen molar-refractivity contribution in [3.05, 3.63) is 89.5 Å². The highest BCUT2D eigenvalue weighted by molar-refractivity contribution is 6.05. The van der Waals surface area contributed by atoms with Gasteiger partial charge >= 0.3 is 6.18 Å². The minimum Gasteiger partial charge on any atom is -0.376 e.